The largest absolute Gasteiger partial charge is 0.273 e. The quantitative estimate of drug-likeness (QED) is 0.630. The number of halogens is 2. The van der Waals surface area contributed by atoms with Crippen LogP contribution in [-0.2, 0) is 16.0 Å². The Balaban J connectivity index is 1.77. The molecule has 0 spiro atoms. The molecule has 0 fully saturated rings. The summed E-state index contributed by atoms with van der Waals surface area (Å²) in [4.78, 5) is 24.5. The number of hydrazine groups is 1. The van der Waals surface area contributed by atoms with Crippen LogP contribution < -0.4 is 10.9 Å². The van der Waals surface area contributed by atoms with Crippen LogP contribution in [0.25, 0.3) is 0 Å². The molecule has 2 amide bonds. The third kappa shape index (κ3) is 5.54. The molecule has 7 heteroatoms. The summed E-state index contributed by atoms with van der Waals surface area (Å²) in [6.07, 6.45) is -0.253. The van der Waals surface area contributed by atoms with Crippen LogP contribution in [0.3, 0.4) is 0 Å². The van der Waals surface area contributed by atoms with Crippen molar-refractivity contribution in [2.75, 3.05) is 5.75 Å². The van der Waals surface area contributed by atoms with E-state index in [0.29, 0.717) is 0 Å². The molecule has 126 valence electrons. The first-order chi connectivity index (χ1) is 11.5. The summed E-state index contributed by atoms with van der Waals surface area (Å²) in [7, 11) is 0. The summed E-state index contributed by atoms with van der Waals surface area (Å²) in [5.74, 6) is -1.30. The number of benzene rings is 2. The van der Waals surface area contributed by atoms with Crippen molar-refractivity contribution in [2.45, 2.75) is 18.2 Å². The monoisotopic (exact) mass is 366 g/mol. The van der Waals surface area contributed by atoms with Crippen LogP contribution in [0.15, 0.2) is 47.4 Å². The minimum absolute atomic E-state index is 0.0972. The Bertz CT molecular complexity index is 718. The lowest BCUT2D eigenvalue weighted by Crippen LogP contribution is -2.43. The minimum atomic E-state index is -0.557. The topological polar surface area (TPSA) is 58.2 Å². The predicted octanol–water partition coefficient (Wildman–Crippen LogP) is 3.27. The predicted molar refractivity (Wildman–Crippen MR) is 93.3 cm³/mol. The smallest absolute Gasteiger partial charge is 0.248 e. The molecule has 0 aliphatic carbocycles. The van der Waals surface area contributed by atoms with Gasteiger partial charge in [0.25, 0.3) is 0 Å². The number of carbonyl (C=O) groups excluding carboxylic acids is 2. The fourth-order valence-corrected chi connectivity index (χ4v) is 2.79. The van der Waals surface area contributed by atoms with Gasteiger partial charge in [-0.25, -0.2) is 4.39 Å². The number of carbonyl (C=O) groups is 2. The molecule has 0 aliphatic rings. The Morgan fingerprint density at radius 1 is 1.08 bits per heavy atom. The van der Waals surface area contributed by atoms with Crippen molar-refractivity contribution in [3.05, 3.63) is 64.4 Å². The highest BCUT2D eigenvalue weighted by Crippen LogP contribution is 2.19. The first-order valence-corrected chi connectivity index (χ1v) is 8.52. The van der Waals surface area contributed by atoms with E-state index in [-0.39, 0.29) is 28.7 Å². The van der Waals surface area contributed by atoms with Gasteiger partial charge in [0.1, 0.15) is 5.82 Å². The van der Waals surface area contributed by atoms with E-state index in [2.05, 4.69) is 10.9 Å². The Morgan fingerprint density at radius 3 is 2.42 bits per heavy atom. The average Bonchev–Trinajstić information content (AvgIpc) is 2.56. The van der Waals surface area contributed by atoms with Gasteiger partial charge in [-0.1, -0.05) is 35.4 Å². The van der Waals surface area contributed by atoms with Crippen LogP contribution in [-0.4, -0.2) is 17.6 Å². The molecule has 24 heavy (non-hydrogen) atoms. The van der Waals surface area contributed by atoms with E-state index in [1.807, 2.05) is 31.2 Å². The Hall–Kier alpha value is -2.05. The lowest BCUT2D eigenvalue weighted by molar-refractivity contribution is -0.127. The molecule has 0 saturated carbocycles. The second-order valence-corrected chi connectivity index (χ2v) is 6.53. The van der Waals surface area contributed by atoms with Crippen molar-refractivity contribution < 1.29 is 14.0 Å². The maximum atomic E-state index is 13.6. The molecule has 0 aliphatic heterocycles. The van der Waals surface area contributed by atoms with Crippen molar-refractivity contribution in [3.63, 3.8) is 0 Å². The van der Waals surface area contributed by atoms with Crippen molar-refractivity contribution in [2.24, 2.45) is 0 Å². The molecular formula is C17H16ClFN2O2S. The normalized spacial score (nSPS) is 10.3. The first-order valence-electron chi connectivity index (χ1n) is 7.16. The van der Waals surface area contributed by atoms with Crippen molar-refractivity contribution in [1.82, 2.24) is 10.9 Å². The molecule has 0 atom stereocenters. The molecule has 2 aromatic rings. The number of aryl methyl sites for hydroxylation is 1. The van der Waals surface area contributed by atoms with Crippen LogP contribution in [0.1, 0.15) is 11.1 Å². The van der Waals surface area contributed by atoms with Gasteiger partial charge in [-0.3, -0.25) is 20.4 Å². The van der Waals surface area contributed by atoms with Gasteiger partial charge < -0.3 is 0 Å². The van der Waals surface area contributed by atoms with Crippen molar-refractivity contribution >= 4 is 35.2 Å². The molecule has 0 unspecified atom stereocenters. The lowest BCUT2D eigenvalue weighted by atomic mass is 10.1. The van der Waals surface area contributed by atoms with Gasteiger partial charge in [-0.05, 0) is 31.2 Å². The van der Waals surface area contributed by atoms with Gasteiger partial charge in [0.2, 0.25) is 11.8 Å². The van der Waals surface area contributed by atoms with Crippen molar-refractivity contribution in [3.8, 4) is 0 Å². The molecule has 2 N–H and O–H groups in total. The number of amides is 2. The molecule has 2 rings (SSSR count). The summed E-state index contributed by atoms with van der Waals surface area (Å²) in [6, 6.07) is 12.0. The molecule has 4 nitrogen and oxygen atoms in total. The van der Waals surface area contributed by atoms with E-state index in [0.717, 1.165) is 10.5 Å². The highest BCUT2D eigenvalue weighted by molar-refractivity contribution is 8.00. The summed E-state index contributed by atoms with van der Waals surface area (Å²) in [6.45, 7) is 1.98. The van der Waals surface area contributed by atoms with Crippen LogP contribution in [0.2, 0.25) is 5.02 Å². The van der Waals surface area contributed by atoms with E-state index >= 15 is 0 Å². The fourth-order valence-electron chi connectivity index (χ4n) is 1.86. The Labute approximate surface area is 148 Å². The van der Waals surface area contributed by atoms with Gasteiger partial charge >= 0.3 is 0 Å². The maximum absolute atomic E-state index is 13.6. The van der Waals surface area contributed by atoms with Crippen LogP contribution in [0, 0.1) is 12.7 Å². The highest BCUT2D eigenvalue weighted by atomic mass is 35.5. The molecule has 2 aromatic carbocycles. The second kappa shape index (κ2) is 8.70. The molecule has 0 radical (unpaired) electrons. The molecular weight excluding hydrogens is 351 g/mol. The number of thioether (sulfide) groups is 1. The maximum Gasteiger partial charge on any atom is 0.248 e. The standard InChI is InChI=1S/C17H16ClFN2O2S/c1-11-5-7-12(8-6-11)24-10-17(23)21-20-16(22)9-13-14(18)3-2-4-15(13)19/h2-8H,9-10H2,1H3,(H,20,22)(H,21,23). The lowest BCUT2D eigenvalue weighted by Gasteiger charge is -2.09. The highest BCUT2D eigenvalue weighted by Gasteiger charge is 2.12. The van der Waals surface area contributed by atoms with Crippen molar-refractivity contribution in [1.29, 1.82) is 0 Å². The zero-order valence-electron chi connectivity index (χ0n) is 12.9. The SMILES string of the molecule is Cc1ccc(SCC(=O)NNC(=O)Cc2c(F)cccc2Cl)cc1. The third-order valence-electron chi connectivity index (χ3n) is 3.13. The number of hydrogen-bond acceptors (Lipinski definition) is 3. The zero-order chi connectivity index (χ0) is 17.5. The number of nitrogens with one attached hydrogen (secondary N) is 2. The van der Waals surface area contributed by atoms with Gasteiger partial charge in [0.05, 0.1) is 12.2 Å². The Kier molecular flexibility index (Phi) is 6.63. The van der Waals surface area contributed by atoms with E-state index in [4.69, 9.17) is 11.6 Å². The fraction of sp³-hybridized carbons (Fsp3) is 0.176. The van der Waals surface area contributed by atoms with Gasteiger partial charge in [0.15, 0.2) is 0 Å². The molecule has 0 saturated heterocycles. The Morgan fingerprint density at radius 2 is 1.75 bits per heavy atom. The van der Waals surface area contributed by atoms with E-state index in [9.17, 15) is 14.0 Å². The summed E-state index contributed by atoms with van der Waals surface area (Å²) in [5.41, 5.74) is 5.79. The molecule has 0 aromatic heterocycles. The van der Waals surface area contributed by atoms with Crippen LogP contribution in [0.5, 0.6) is 0 Å². The van der Waals surface area contributed by atoms with Gasteiger partial charge in [-0.2, -0.15) is 0 Å². The first kappa shape index (κ1) is 18.3. The average molecular weight is 367 g/mol. The van der Waals surface area contributed by atoms with E-state index in [1.54, 1.807) is 0 Å². The zero-order valence-corrected chi connectivity index (χ0v) is 14.5. The minimum Gasteiger partial charge on any atom is -0.273 e. The summed E-state index contributed by atoms with van der Waals surface area (Å²) in [5, 5.41) is 0.173. The van der Waals surface area contributed by atoms with E-state index in [1.165, 1.54) is 30.0 Å². The summed E-state index contributed by atoms with van der Waals surface area (Å²) < 4.78 is 13.6. The number of rotatable bonds is 5. The van der Waals surface area contributed by atoms with E-state index < -0.39 is 11.7 Å². The molecule has 0 heterocycles. The van der Waals surface area contributed by atoms with Crippen LogP contribution in [0.4, 0.5) is 4.39 Å². The van der Waals surface area contributed by atoms with Gasteiger partial charge in [0, 0.05) is 15.5 Å². The van der Waals surface area contributed by atoms with Gasteiger partial charge in [-0.15, -0.1) is 11.8 Å². The second-order valence-electron chi connectivity index (χ2n) is 5.08. The molecule has 0 bridgehead atoms. The van der Waals surface area contributed by atoms with Crippen LogP contribution >= 0.6 is 23.4 Å². The third-order valence-corrected chi connectivity index (χ3v) is 4.50. The number of hydrogen-bond donors (Lipinski definition) is 2. The summed E-state index contributed by atoms with van der Waals surface area (Å²) >= 11 is 7.21.